The van der Waals surface area contributed by atoms with Crippen molar-refractivity contribution < 1.29 is 0 Å². The molecule has 50 valence electrons. The largest absolute Gasteiger partial charge is 0.397 e. The molecule has 2 N–H and O–H groups in total. The lowest BCUT2D eigenvalue weighted by Crippen LogP contribution is -1.89. The summed E-state index contributed by atoms with van der Waals surface area (Å²) in [6.45, 7) is 0. The molecule has 0 saturated heterocycles. The van der Waals surface area contributed by atoms with Crippen LogP contribution >= 0.6 is 0 Å². The maximum Gasteiger partial charge on any atom is 0.0670 e. The number of pyridine rings is 1. The van der Waals surface area contributed by atoms with E-state index in [1.54, 1.807) is 18.5 Å². The summed E-state index contributed by atoms with van der Waals surface area (Å²) in [6.07, 6.45) is 3.57. The van der Waals surface area contributed by atoms with Crippen LogP contribution < -0.4 is 5.73 Å². The summed E-state index contributed by atoms with van der Waals surface area (Å²) in [7, 11) is 0. The van der Waals surface area contributed by atoms with Gasteiger partial charge in [-0.05, 0) is 11.6 Å². The van der Waals surface area contributed by atoms with Gasteiger partial charge in [0.25, 0.3) is 0 Å². The van der Waals surface area contributed by atoms with Crippen LogP contribution in [0.5, 0.6) is 0 Å². The lowest BCUT2D eigenvalue weighted by molar-refractivity contribution is 1.19. The third-order valence-electron chi connectivity index (χ3n) is 1.10. The van der Waals surface area contributed by atoms with E-state index < -0.39 is 0 Å². The van der Waals surface area contributed by atoms with Gasteiger partial charge in [-0.3, -0.25) is 4.98 Å². The molecule has 0 aliphatic rings. The van der Waals surface area contributed by atoms with Crippen molar-refractivity contribution in [3.63, 3.8) is 0 Å². The molecule has 0 aliphatic heterocycles. The molecule has 1 aromatic rings. The summed E-state index contributed by atoms with van der Waals surface area (Å²) in [5, 5.41) is 8.29. The molecule has 3 heteroatoms. The van der Waals surface area contributed by atoms with Crippen molar-refractivity contribution in [1.82, 2.24) is 4.98 Å². The van der Waals surface area contributed by atoms with Crippen LogP contribution in [0.15, 0.2) is 18.5 Å². The second-order valence-electron chi connectivity index (χ2n) is 1.96. The molecule has 0 fully saturated rings. The van der Waals surface area contributed by atoms with Crippen LogP contribution in [0, 0.1) is 11.3 Å². The highest BCUT2D eigenvalue weighted by molar-refractivity contribution is 5.37. The molecular formula is C7H7N3. The van der Waals surface area contributed by atoms with Crippen LogP contribution in [0.25, 0.3) is 0 Å². The van der Waals surface area contributed by atoms with Gasteiger partial charge in [-0.25, -0.2) is 0 Å². The number of anilines is 1. The van der Waals surface area contributed by atoms with Crippen LogP contribution in [0.1, 0.15) is 5.56 Å². The fraction of sp³-hybridized carbons (Fsp3) is 0.143. The summed E-state index contributed by atoms with van der Waals surface area (Å²) in [5.41, 5.74) is 6.88. The molecular weight excluding hydrogens is 126 g/mol. The molecule has 0 unspecified atom stereocenters. The number of nitrogens with zero attached hydrogens (tertiary/aromatic N) is 2. The quantitative estimate of drug-likeness (QED) is 0.614. The minimum atomic E-state index is 0.373. The highest BCUT2D eigenvalue weighted by atomic mass is 14.7. The Morgan fingerprint density at radius 1 is 1.60 bits per heavy atom. The smallest absolute Gasteiger partial charge is 0.0670 e. The first kappa shape index (κ1) is 6.56. The van der Waals surface area contributed by atoms with E-state index in [2.05, 4.69) is 4.98 Å². The van der Waals surface area contributed by atoms with Gasteiger partial charge in [-0.2, -0.15) is 5.26 Å². The number of nitrogen functional groups attached to an aromatic ring is 1. The number of aromatic nitrogens is 1. The van der Waals surface area contributed by atoms with Crippen molar-refractivity contribution in [2.75, 3.05) is 5.73 Å². The Morgan fingerprint density at radius 3 is 3.00 bits per heavy atom. The Hall–Kier alpha value is -1.56. The van der Waals surface area contributed by atoms with Gasteiger partial charge in [0, 0.05) is 12.4 Å². The van der Waals surface area contributed by atoms with Gasteiger partial charge < -0.3 is 5.73 Å². The average molecular weight is 133 g/mol. The van der Waals surface area contributed by atoms with E-state index in [4.69, 9.17) is 11.0 Å². The lowest BCUT2D eigenvalue weighted by Gasteiger charge is -1.93. The Labute approximate surface area is 59.1 Å². The average Bonchev–Trinajstić information content (AvgIpc) is 1.88. The normalized spacial score (nSPS) is 8.70. The number of rotatable bonds is 1. The van der Waals surface area contributed by atoms with E-state index in [9.17, 15) is 0 Å². The predicted octanol–water partition coefficient (Wildman–Crippen LogP) is 0.730. The Kier molecular flexibility index (Phi) is 1.86. The minimum Gasteiger partial charge on any atom is -0.397 e. The molecule has 1 aromatic heterocycles. The van der Waals surface area contributed by atoms with Crippen LogP contribution in [0.3, 0.4) is 0 Å². The van der Waals surface area contributed by atoms with E-state index in [0.29, 0.717) is 12.1 Å². The number of hydrogen-bond donors (Lipinski definition) is 1. The summed E-state index contributed by atoms with van der Waals surface area (Å²) < 4.78 is 0. The zero-order chi connectivity index (χ0) is 7.40. The van der Waals surface area contributed by atoms with Crippen LogP contribution in [-0.2, 0) is 6.42 Å². The molecule has 0 spiro atoms. The molecule has 0 saturated carbocycles. The number of nitriles is 1. The second-order valence-corrected chi connectivity index (χ2v) is 1.96. The Balaban J connectivity index is 2.87. The molecule has 0 radical (unpaired) electrons. The number of nitrogens with two attached hydrogens (primary N) is 1. The zero-order valence-electron chi connectivity index (χ0n) is 5.41. The summed E-state index contributed by atoms with van der Waals surface area (Å²) in [5.74, 6) is 0. The fourth-order valence-electron chi connectivity index (χ4n) is 0.696. The van der Waals surface area contributed by atoms with E-state index in [1.165, 1.54) is 0 Å². The molecule has 0 atom stereocenters. The van der Waals surface area contributed by atoms with Gasteiger partial charge in [-0.15, -0.1) is 0 Å². The minimum absolute atomic E-state index is 0.373. The van der Waals surface area contributed by atoms with Crippen molar-refractivity contribution in [3.8, 4) is 6.07 Å². The molecule has 3 nitrogen and oxygen atoms in total. The van der Waals surface area contributed by atoms with Crippen LogP contribution in [0.4, 0.5) is 5.69 Å². The van der Waals surface area contributed by atoms with E-state index in [-0.39, 0.29) is 0 Å². The summed E-state index contributed by atoms with van der Waals surface area (Å²) in [6, 6.07) is 3.76. The van der Waals surface area contributed by atoms with Gasteiger partial charge in [-0.1, -0.05) is 0 Å². The molecule has 1 rings (SSSR count). The topological polar surface area (TPSA) is 62.7 Å². The molecule has 0 amide bonds. The van der Waals surface area contributed by atoms with Crippen molar-refractivity contribution in [1.29, 1.82) is 5.26 Å². The lowest BCUT2D eigenvalue weighted by atomic mass is 10.2. The fourth-order valence-corrected chi connectivity index (χ4v) is 0.696. The van der Waals surface area contributed by atoms with E-state index in [0.717, 1.165) is 5.56 Å². The Morgan fingerprint density at radius 2 is 2.40 bits per heavy atom. The van der Waals surface area contributed by atoms with Crippen LogP contribution in [0.2, 0.25) is 0 Å². The van der Waals surface area contributed by atoms with Crippen molar-refractivity contribution in [3.05, 3.63) is 24.0 Å². The first-order valence-corrected chi connectivity index (χ1v) is 2.89. The summed E-state index contributed by atoms with van der Waals surface area (Å²) >= 11 is 0. The van der Waals surface area contributed by atoms with E-state index >= 15 is 0 Å². The predicted molar refractivity (Wildman–Crippen MR) is 38.0 cm³/mol. The van der Waals surface area contributed by atoms with Gasteiger partial charge in [0.15, 0.2) is 0 Å². The van der Waals surface area contributed by atoms with E-state index in [1.807, 2.05) is 6.07 Å². The van der Waals surface area contributed by atoms with Crippen molar-refractivity contribution >= 4 is 5.69 Å². The third kappa shape index (κ3) is 1.46. The zero-order valence-corrected chi connectivity index (χ0v) is 5.41. The maximum atomic E-state index is 8.29. The molecule has 0 bridgehead atoms. The highest BCUT2D eigenvalue weighted by Crippen LogP contribution is 2.03. The molecule has 0 aromatic carbocycles. The summed E-state index contributed by atoms with van der Waals surface area (Å²) in [4.78, 5) is 3.83. The SMILES string of the molecule is N#CCc1cncc(N)c1. The third-order valence-corrected chi connectivity index (χ3v) is 1.10. The second kappa shape index (κ2) is 2.83. The van der Waals surface area contributed by atoms with Crippen molar-refractivity contribution in [2.45, 2.75) is 6.42 Å². The van der Waals surface area contributed by atoms with Gasteiger partial charge in [0.1, 0.15) is 0 Å². The first-order valence-electron chi connectivity index (χ1n) is 2.89. The number of hydrogen-bond acceptors (Lipinski definition) is 3. The molecule has 0 aliphatic carbocycles. The monoisotopic (exact) mass is 133 g/mol. The standard InChI is InChI=1S/C7H7N3/c8-2-1-6-3-7(9)5-10-4-6/h3-5H,1,9H2. The highest BCUT2D eigenvalue weighted by Gasteiger charge is 1.90. The molecule has 10 heavy (non-hydrogen) atoms. The Bertz CT molecular complexity index is 262. The van der Waals surface area contributed by atoms with Gasteiger partial charge in [0.2, 0.25) is 0 Å². The maximum absolute atomic E-state index is 8.29. The van der Waals surface area contributed by atoms with Gasteiger partial charge in [0.05, 0.1) is 18.2 Å². The van der Waals surface area contributed by atoms with Gasteiger partial charge >= 0.3 is 0 Å². The van der Waals surface area contributed by atoms with Crippen molar-refractivity contribution in [2.24, 2.45) is 0 Å². The first-order chi connectivity index (χ1) is 4.83. The van der Waals surface area contributed by atoms with Crippen LogP contribution in [-0.4, -0.2) is 4.98 Å². The molecule has 1 heterocycles.